The monoisotopic (exact) mass is 357 g/mol. The highest BCUT2D eigenvalue weighted by Crippen LogP contribution is 2.38. The summed E-state index contributed by atoms with van der Waals surface area (Å²) in [6.45, 7) is -3.40. The standard InChI is InChI=1S/C14H7F8NO/c15-12(16)24-11-10(5-9(6-23-11)14(20,21)22)7-2-1-3-8(4-7)13(17,18)19/h1-6,12H. The van der Waals surface area contributed by atoms with E-state index >= 15 is 0 Å². The molecule has 2 aromatic rings. The molecule has 0 atom stereocenters. The summed E-state index contributed by atoms with van der Waals surface area (Å²) in [5.41, 5.74) is -3.48. The van der Waals surface area contributed by atoms with Gasteiger partial charge >= 0.3 is 19.0 Å². The molecule has 0 bridgehead atoms. The van der Waals surface area contributed by atoms with E-state index < -0.39 is 41.5 Å². The van der Waals surface area contributed by atoms with Crippen LogP contribution in [0.1, 0.15) is 11.1 Å². The lowest BCUT2D eigenvalue weighted by Crippen LogP contribution is -2.10. The molecule has 0 radical (unpaired) electrons. The molecule has 1 aromatic heterocycles. The summed E-state index contributed by atoms with van der Waals surface area (Å²) in [5, 5.41) is 0. The van der Waals surface area contributed by atoms with Crippen molar-refractivity contribution in [2.45, 2.75) is 19.0 Å². The van der Waals surface area contributed by atoms with E-state index in [0.717, 1.165) is 12.1 Å². The van der Waals surface area contributed by atoms with Crippen LogP contribution in [-0.4, -0.2) is 11.6 Å². The maximum absolute atomic E-state index is 12.7. The van der Waals surface area contributed by atoms with Crippen molar-refractivity contribution in [3.05, 3.63) is 47.7 Å². The Bertz CT molecular complexity index is 723. The van der Waals surface area contributed by atoms with Crippen molar-refractivity contribution in [1.29, 1.82) is 0 Å². The summed E-state index contributed by atoms with van der Waals surface area (Å²) in [5.74, 6) is -0.905. The van der Waals surface area contributed by atoms with Crippen molar-refractivity contribution in [3.63, 3.8) is 0 Å². The molecule has 0 saturated carbocycles. The zero-order valence-electron chi connectivity index (χ0n) is 11.4. The molecule has 24 heavy (non-hydrogen) atoms. The van der Waals surface area contributed by atoms with Gasteiger partial charge in [0.25, 0.3) is 0 Å². The lowest BCUT2D eigenvalue weighted by molar-refractivity contribution is -0.138. The Morgan fingerprint density at radius 2 is 1.50 bits per heavy atom. The summed E-state index contributed by atoms with van der Waals surface area (Å²) >= 11 is 0. The molecule has 2 nitrogen and oxygen atoms in total. The van der Waals surface area contributed by atoms with Gasteiger partial charge in [-0.25, -0.2) is 4.98 Å². The zero-order valence-corrected chi connectivity index (χ0v) is 11.4. The van der Waals surface area contributed by atoms with E-state index in [1.807, 2.05) is 0 Å². The minimum Gasteiger partial charge on any atom is -0.416 e. The zero-order chi connectivity index (χ0) is 18.1. The first kappa shape index (κ1) is 18.0. The SMILES string of the molecule is FC(F)Oc1ncc(C(F)(F)F)cc1-c1cccc(C(F)(F)F)c1. The number of alkyl halides is 8. The molecule has 0 aliphatic heterocycles. The second-order valence-corrected chi connectivity index (χ2v) is 4.53. The fourth-order valence-electron chi connectivity index (χ4n) is 1.86. The second-order valence-electron chi connectivity index (χ2n) is 4.53. The Hall–Kier alpha value is -2.39. The van der Waals surface area contributed by atoms with Crippen LogP contribution < -0.4 is 4.74 Å². The van der Waals surface area contributed by atoms with Crippen LogP contribution >= 0.6 is 0 Å². The molecule has 0 aliphatic carbocycles. The van der Waals surface area contributed by atoms with Gasteiger partial charge in [0.2, 0.25) is 5.88 Å². The number of nitrogens with zero attached hydrogens (tertiary/aromatic N) is 1. The van der Waals surface area contributed by atoms with Crippen molar-refractivity contribution in [1.82, 2.24) is 4.98 Å². The summed E-state index contributed by atoms with van der Waals surface area (Å²) < 4.78 is 105. The molecule has 0 saturated heterocycles. The van der Waals surface area contributed by atoms with Gasteiger partial charge in [-0.05, 0) is 23.8 Å². The molecular weight excluding hydrogens is 350 g/mol. The van der Waals surface area contributed by atoms with E-state index in [-0.39, 0.29) is 11.8 Å². The predicted molar refractivity (Wildman–Crippen MR) is 66.3 cm³/mol. The van der Waals surface area contributed by atoms with Gasteiger partial charge in [-0.2, -0.15) is 35.1 Å². The van der Waals surface area contributed by atoms with Crippen molar-refractivity contribution in [2.24, 2.45) is 0 Å². The Balaban J connectivity index is 2.61. The first-order chi connectivity index (χ1) is 11.0. The Labute approximate surface area is 129 Å². The number of rotatable bonds is 3. The molecule has 0 fully saturated rings. The molecule has 0 spiro atoms. The van der Waals surface area contributed by atoms with Gasteiger partial charge < -0.3 is 4.74 Å². The number of halogens is 8. The van der Waals surface area contributed by atoms with E-state index in [9.17, 15) is 35.1 Å². The van der Waals surface area contributed by atoms with Gasteiger partial charge in [-0.15, -0.1) is 0 Å². The van der Waals surface area contributed by atoms with E-state index in [2.05, 4.69) is 9.72 Å². The van der Waals surface area contributed by atoms with Crippen LogP contribution in [0.3, 0.4) is 0 Å². The van der Waals surface area contributed by atoms with Crippen LogP contribution in [0.15, 0.2) is 36.5 Å². The van der Waals surface area contributed by atoms with Crippen molar-refractivity contribution in [3.8, 4) is 17.0 Å². The van der Waals surface area contributed by atoms with Crippen molar-refractivity contribution < 1.29 is 39.9 Å². The fraction of sp³-hybridized carbons (Fsp3) is 0.214. The third kappa shape index (κ3) is 4.12. The smallest absolute Gasteiger partial charge is 0.416 e. The average molecular weight is 357 g/mol. The highest BCUT2D eigenvalue weighted by Gasteiger charge is 2.33. The third-order valence-electron chi connectivity index (χ3n) is 2.88. The normalized spacial score (nSPS) is 12.5. The van der Waals surface area contributed by atoms with Gasteiger partial charge in [-0.1, -0.05) is 12.1 Å². The van der Waals surface area contributed by atoms with Crippen LogP contribution in [0.25, 0.3) is 11.1 Å². The fourth-order valence-corrected chi connectivity index (χ4v) is 1.86. The topological polar surface area (TPSA) is 22.1 Å². The molecule has 2 rings (SSSR count). The number of pyridine rings is 1. The highest BCUT2D eigenvalue weighted by molar-refractivity contribution is 5.70. The van der Waals surface area contributed by atoms with Gasteiger partial charge in [0.1, 0.15) is 0 Å². The first-order valence-corrected chi connectivity index (χ1v) is 6.18. The molecule has 0 N–H and O–H groups in total. The molecule has 0 aliphatic rings. The molecule has 130 valence electrons. The van der Waals surface area contributed by atoms with Gasteiger partial charge in [0.15, 0.2) is 0 Å². The lowest BCUT2D eigenvalue weighted by atomic mass is 10.0. The van der Waals surface area contributed by atoms with Gasteiger partial charge in [0, 0.05) is 11.8 Å². The Morgan fingerprint density at radius 1 is 0.875 bits per heavy atom. The van der Waals surface area contributed by atoms with Crippen molar-refractivity contribution >= 4 is 0 Å². The second kappa shape index (κ2) is 6.25. The van der Waals surface area contributed by atoms with E-state index in [1.165, 1.54) is 0 Å². The summed E-state index contributed by atoms with van der Waals surface area (Å²) in [4.78, 5) is 3.15. The van der Waals surface area contributed by atoms with Crippen LogP contribution in [0.5, 0.6) is 5.88 Å². The largest absolute Gasteiger partial charge is 0.417 e. The molecule has 1 aromatic carbocycles. The maximum atomic E-state index is 12.7. The van der Waals surface area contributed by atoms with E-state index in [0.29, 0.717) is 18.2 Å². The molecule has 0 amide bonds. The predicted octanol–water partition coefficient (Wildman–Crippen LogP) is 5.39. The first-order valence-electron chi connectivity index (χ1n) is 6.18. The number of benzene rings is 1. The van der Waals surface area contributed by atoms with Gasteiger partial charge in [0.05, 0.1) is 11.1 Å². The summed E-state index contributed by atoms with van der Waals surface area (Å²) in [6.07, 6.45) is -9.35. The quantitative estimate of drug-likeness (QED) is 0.688. The number of aromatic nitrogens is 1. The highest BCUT2D eigenvalue weighted by atomic mass is 19.4. The third-order valence-corrected chi connectivity index (χ3v) is 2.88. The minimum atomic E-state index is -4.85. The average Bonchev–Trinajstić information content (AvgIpc) is 2.45. The van der Waals surface area contributed by atoms with E-state index in [4.69, 9.17) is 0 Å². The van der Waals surface area contributed by atoms with Crippen LogP contribution in [0, 0.1) is 0 Å². The summed E-state index contributed by atoms with van der Waals surface area (Å²) in [6, 6.07) is 3.59. The van der Waals surface area contributed by atoms with Crippen LogP contribution in [0.4, 0.5) is 35.1 Å². The maximum Gasteiger partial charge on any atom is 0.417 e. The molecule has 1 heterocycles. The Kier molecular flexibility index (Phi) is 4.68. The lowest BCUT2D eigenvalue weighted by Gasteiger charge is -2.14. The van der Waals surface area contributed by atoms with Crippen LogP contribution in [-0.2, 0) is 12.4 Å². The number of hydrogen-bond donors (Lipinski definition) is 0. The molecule has 10 heteroatoms. The number of ether oxygens (including phenoxy) is 1. The van der Waals surface area contributed by atoms with Crippen LogP contribution in [0.2, 0.25) is 0 Å². The Morgan fingerprint density at radius 3 is 2.04 bits per heavy atom. The minimum absolute atomic E-state index is 0.259. The summed E-state index contributed by atoms with van der Waals surface area (Å²) in [7, 11) is 0. The van der Waals surface area contributed by atoms with Crippen molar-refractivity contribution in [2.75, 3.05) is 0 Å². The van der Waals surface area contributed by atoms with E-state index in [1.54, 1.807) is 0 Å². The number of hydrogen-bond acceptors (Lipinski definition) is 2. The molecule has 0 unspecified atom stereocenters. The molecular formula is C14H7F8NO. The van der Waals surface area contributed by atoms with Gasteiger partial charge in [-0.3, -0.25) is 0 Å².